The van der Waals surface area contributed by atoms with Crippen LogP contribution in [0, 0.1) is 13.8 Å². The third-order valence-corrected chi connectivity index (χ3v) is 6.94. The largest absolute Gasteiger partial charge is 0.325 e. The Hall–Kier alpha value is -2.71. The summed E-state index contributed by atoms with van der Waals surface area (Å²) in [6, 6.07) is 6.81. The van der Waals surface area contributed by atoms with E-state index in [0.29, 0.717) is 33.2 Å². The maximum absolute atomic E-state index is 13.1. The molecule has 0 aliphatic rings. The van der Waals surface area contributed by atoms with E-state index in [4.69, 9.17) is 0 Å². The summed E-state index contributed by atoms with van der Waals surface area (Å²) in [4.78, 5) is 43.7. The zero-order valence-corrected chi connectivity index (χ0v) is 18.9. The first-order chi connectivity index (χ1) is 14.2. The lowest BCUT2D eigenvalue weighted by Crippen LogP contribution is -2.26. The molecule has 1 N–H and O–H groups in total. The molecular formula is C22H23N3O3S2. The van der Waals surface area contributed by atoms with Crippen molar-refractivity contribution in [3.63, 3.8) is 0 Å². The van der Waals surface area contributed by atoms with Gasteiger partial charge in [-0.2, -0.15) is 0 Å². The third-order valence-electron chi connectivity index (χ3n) is 4.75. The number of ketones is 1. The van der Waals surface area contributed by atoms with Crippen molar-refractivity contribution in [3.05, 3.63) is 63.3 Å². The predicted molar refractivity (Wildman–Crippen MR) is 124 cm³/mol. The van der Waals surface area contributed by atoms with Gasteiger partial charge in [-0.25, -0.2) is 4.98 Å². The molecule has 30 heavy (non-hydrogen) atoms. The SMILES string of the molecule is C=CCn1c(SC(C)C(=O)Nc2cccc(C(C)=O)c2)nc2sc(C)c(C)c2c1=O. The van der Waals surface area contributed by atoms with Crippen LogP contribution < -0.4 is 10.9 Å². The summed E-state index contributed by atoms with van der Waals surface area (Å²) in [5.74, 6) is -0.306. The number of anilines is 1. The summed E-state index contributed by atoms with van der Waals surface area (Å²) in [7, 11) is 0. The van der Waals surface area contributed by atoms with Crippen molar-refractivity contribution in [2.24, 2.45) is 0 Å². The number of rotatable bonds is 7. The second kappa shape index (κ2) is 8.97. The molecule has 1 aromatic carbocycles. The molecule has 3 rings (SSSR count). The molecule has 0 aliphatic heterocycles. The number of thioether (sulfide) groups is 1. The minimum atomic E-state index is -0.506. The number of Topliss-reactive ketones (excluding diaryl/α,β-unsaturated/α-hetero) is 1. The highest BCUT2D eigenvalue weighted by atomic mass is 32.2. The monoisotopic (exact) mass is 441 g/mol. The van der Waals surface area contributed by atoms with Gasteiger partial charge in [0, 0.05) is 22.7 Å². The first kappa shape index (κ1) is 22.0. The molecule has 3 aromatic rings. The van der Waals surface area contributed by atoms with Gasteiger partial charge in [-0.05, 0) is 45.4 Å². The fraction of sp³-hybridized carbons (Fsp3) is 0.273. The fourth-order valence-electron chi connectivity index (χ4n) is 2.96. The Morgan fingerprint density at radius 1 is 1.37 bits per heavy atom. The van der Waals surface area contributed by atoms with Crippen LogP contribution in [0.5, 0.6) is 0 Å². The zero-order valence-electron chi connectivity index (χ0n) is 17.3. The number of benzene rings is 1. The molecule has 0 bridgehead atoms. The number of hydrogen-bond acceptors (Lipinski definition) is 6. The molecule has 6 nitrogen and oxygen atoms in total. The minimum Gasteiger partial charge on any atom is -0.325 e. The minimum absolute atomic E-state index is 0.0685. The number of carbonyl (C=O) groups excluding carboxylic acids is 2. The van der Waals surface area contributed by atoms with Crippen molar-refractivity contribution in [1.29, 1.82) is 0 Å². The molecule has 0 fully saturated rings. The number of carbonyl (C=O) groups is 2. The smallest absolute Gasteiger partial charge is 0.263 e. The topological polar surface area (TPSA) is 81.1 Å². The highest BCUT2D eigenvalue weighted by molar-refractivity contribution is 8.00. The maximum Gasteiger partial charge on any atom is 0.263 e. The van der Waals surface area contributed by atoms with Crippen molar-refractivity contribution in [2.45, 2.75) is 44.6 Å². The molecule has 0 radical (unpaired) electrons. The lowest BCUT2D eigenvalue weighted by atomic mass is 10.1. The lowest BCUT2D eigenvalue weighted by Gasteiger charge is -2.15. The van der Waals surface area contributed by atoms with Crippen LogP contribution in [0.15, 0.2) is 46.9 Å². The number of thiophene rings is 1. The Balaban J connectivity index is 1.89. The number of aryl methyl sites for hydroxylation is 2. The molecule has 1 amide bonds. The van der Waals surface area contributed by atoms with E-state index in [9.17, 15) is 14.4 Å². The summed E-state index contributed by atoms with van der Waals surface area (Å²) in [6.45, 7) is 11.2. The number of nitrogens with zero attached hydrogens (tertiary/aromatic N) is 2. The van der Waals surface area contributed by atoms with Crippen LogP contribution in [-0.4, -0.2) is 26.5 Å². The van der Waals surface area contributed by atoms with Crippen LogP contribution in [0.1, 0.15) is 34.6 Å². The first-order valence-corrected chi connectivity index (χ1v) is 11.1. The summed E-state index contributed by atoms with van der Waals surface area (Å²) >= 11 is 2.70. The van der Waals surface area contributed by atoms with Crippen molar-refractivity contribution >= 4 is 50.7 Å². The van der Waals surface area contributed by atoms with Crippen LogP contribution >= 0.6 is 23.1 Å². The van der Waals surface area contributed by atoms with Crippen LogP contribution in [0.4, 0.5) is 5.69 Å². The molecule has 2 aromatic heterocycles. The van der Waals surface area contributed by atoms with E-state index in [-0.39, 0.29) is 17.2 Å². The molecule has 2 heterocycles. The Morgan fingerprint density at radius 3 is 2.77 bits per heavy atom. The van der Waals surface area contributed by atoms with Gasteiger partial charge in [0.1, 0.15) is 4.83 Å². The van der Waals surface area contributed by atoms with E-state index in [1.165, 1.54) is 30.0 Å². The highest BCUT2D eigenvalue weighted by Gasteiger charge is 2.21. The van der Waals surface area contributed by atoms with Crippen LogP contribution in [0.25, 0.3) is 10.2 Å². The van der Waals surface area contributed by atoms with Crippen LogP contribution in [0.3, 0.4) is 0 Å². The number of hydrogen-bond donors (Lipinski definition) is 1. The Bertz CT molecular complexity index is 1210. The average molecular weight is 442 g/mol. The molecular weight excluding hydrogens is 418 g/mol. The number of nitrogens with one attached hydrogen (secondary N) is 1. The predicted octanol–water partition coefficient (Wildman–Crippen LogP) is 4.58. The third kappa shape index (κ3) is 4.39. The van der Waals surface area contributed by atoms with E-state index < -0.39 is 5.25 Å². The van der Waals surface area contributed by atoms with E-state index in [1.807, 2.05) is 13.8 Å². The number of amides is 1. The van der Waals surface area contributed by atoms with Gasteiger partial charge in [0.05, 0.1) is 10.6 Å². The van der Waals surface area contributed by atoms with Crippen molar-refractivity contribution in [3.8, 4) is 0 Å². The first-order valence-electron chi connectivity index (χ1n) is 9.42. The quantitative estimate of drug-likeness (QED) is 0.251. The zero-order chi connectivity index (χ0) is 22.0. The molecule has 0 saturated heterocycles. The second-order valence-corrected chi connectivity index (χ2v) is 9.46. The molecule has 0 aliphatic carbocycles. The normalized spacial score (nSPS) is 12.0. The summed E-state index contributed by atoms with van der Waals surface area (Å²) in [5, 5.41) is 3.43. The van der Waals surface area contributed by atoms with Gasteiger partial charge in [-0.3, -0.25) is 19.0 Å². The Labute approximate surface area is 183 Å². The summed E-state index contributed by atoms with van der Waals surface area (Å²) < 4.78 is 1.55. The van der Waals surface area contributed by atoms with Gasteiger partial charge in [-0.1, -0.05) is 30.0 Å². The van der Waals surface area contributed by atoms with E-state index in [0.717, 1.165) is 10.4 Å². The van der Waals surface area contributed by atoms with Gasteiger partial charge < -0.3 is 5.32 Å². The molecule has 1 atom stereocenters. The maximum atomic E-state index is 13.1. The van der Waals surface area contributed by atoms with Gasteiger partial charge in [0.25, 0.3) is 5.56 Å². The molecule has 156 valence electrons. The van der Waals surface area contributed by atoms with E-state index in [2.05, 4.69) is 16.9 Å². The van der Waals surface area contributed by atoms with Crippen molar-refractivity contribution in [1.82, 2.24) is 9.55 Å². The van der Waals surface area contributed by atoms with Crippen LogP contribution in [0.2, 0.25) is 0 Å². The van der Waals surface area contributed by atoms with Gasteiger partial charge >= 0.3 is 0 Å². The summed E-state index contributed by atoms with van der Waals surface area (Å²) in [6.07, 6.45) is 1.64. The van der Waals surface area contributed by atoms with Gasteiger partial charge in [0.2, 0.25) is 5.91 Å². The highest BCUT2D eigenvalue weighted by Crippen LogP contribution is 2.30. The van der Waals surface area contributed by atoms with E-state index in [1.54, 1.807) is 41.8 Å². The number of allylic oxidation sites excluding steroid dienone is 1. The van der Waals surface area contributed by atoms with Gasteiger partial charge in [0.15, 0.2) is 10.9 Å². The lowest BCUT2D eigenvalue weighted by molar-refractivity contribution is -0.115. The molecule has 0 spiro atoms. The van der Waals surface area contributed by atoms with Crippen LogP contribution in [-0.2, 0) is 11.3 Å². The second-order valence-electron chi connectivity index (χ2n) is 6.95. The number of aromatic nitrogens is 2. The Morgan fingerprint density at radius 2 is 2.10 bits per heavy atom. The Kier molecular flexibility index (Phi) is 6.58. The van der Waals surface area contributed by atoms with Crippen molar-refractivity contribution < 1.29 is 9.59 Å². The van der Waals surface area contributed by atoms with Gasteiger partial charge in [-0.15, -0.1) is 17.9 Å². The summed E-state index contributed by atoms with van der Waals surface area (Å²) in [5.41, 5.74) is 1.91. The molecule has 0 saturated carbocycles. The van der Waals surface area contributed by atoms with Crippen molar-refractivity contribution in [2.75, 3.05) is 5.32 Å². The average Bonchev–Trinajstić information content (AvgIpc) is 2.98. The van der Waals surface area contributed by atoms with E-state index >= 15 is 0 Å². The fourth-order valence-corrected chi connectivity index (χ4v) is 4.95. The standard InChI is InChI=1S/C22H23N3O3S2/c1-6-10-25-21(28)18-12(2)14(4)29-20(18)24-22(25)30-15(5)19(27)23-17-9-7-8-16(11-17)13(3)26/h6-9,11,15H,1,10H2,2-5H3,(H,23,27). The molecule has 1 unspecified atom stereocenters. The molecule has 8 heteroatoms. The number of fused-ring (bicyclic) bond motifs is 1.